The van der Waals surface area contributed by atoms with Gasteiger partial charge in [-0.3, -0.25) is 4.72 Å². The summed E-state index contributed by atoms with van der Waals surface area (Å²) in [6.07, 6.45) is 0. The number of benzene rings is 2. The van der Waals surface area contributed by atoms with Gasteiger partial charge in [0.2, 0.25) is 0 Å². The van der Waals surface area contributed by atoms with E-state index in [1.54, 1.807) is 12.1 Å². The first-order valence-corrected chi connectivity index (χ1v) is 8.26. The van der Waals surface area contributed by atoms with E-state index in [0.29, 0.717) is 16.5 Å². The van der Waals surface area contributed by atoms with Gasteiger partial charge in [0.15, 0.2) is 0 Å². The van der Waals surface area contributed by atoms with Crippen LogP contribution in [0.5, 0.6) is 5.75 Å². The van der Waals surface area contributed by atoms with Gasteiger partial charge in [-0.1, -0.05) is 34.8 Å². The normalized spacial score (nSPS) is 11.2. The number of methoxy groups -OCH3 is 1. The third-order valence-electron chi connectivity index (χ3n) is 2.61. The van der Waals surface area contributed by atoms with Crippen LogP contribution >= 0.6 is 34.8 Å². The highest BCUT2D eigenvalue weighted by atomic mass is 35.5. The molecule has 0 heterocycles. The summed E-state index contributed by atoms with van der Waals surface area (Å²) in [6, 6.07) is 8.61. The molecule has 21 heavy (non-hydrogen) atoms. The van der Waals surface area contributed by atoms with Crippen molar-refractivity contribution < 1.29 is 13.2 Å². The van der Waals surface area contributed by atoms with Crippen molar-refractivity contribution in [2.24, 2.45) is 0 Å². The van der Waals surface area contributed by atoms with Crippen LogP contribution in [0.15, 0.2) is 41.3 Å². The molecule has 0 aromatic heterocycles. The highest BCUT2D eigenvalue weighted by molar-refractivity contribution is 7.92. The predicted octanol–water partition coefficient (Wildman–Crippen LogP) is 4.46. The van der Waals surface area contributed by atoms with Crippen molar-refractivity contribution in [3.8, 4) is 5.75 Å². The molecule has 0 atom stereocenters. The maximum atomic E-state index is 12.2. The molecule has 0 unspecified atom stereocenters. The van der Waals surface area contributed by atoms with Gasteiger partial charge in [0.05, 0.1) is 32.8 Å². The molecule has 0 bridgehead atoms. The van der Waals surface area contributed by atoms with E-state index in [1.165, 1.54) is 31.4 Å². The van der Waals surface area contributed by atoms with Crippen LogP contribution < -0.4 is 9.46 Å². The molecule has 0 amide bonds. The number of sulfonamides is 1. The molecule has 2 rings (SSSR count). The minimum atomic E-state index is -3.78. The van der Waals surface area contributed by atoms with Crippen molar-refractivity contribution in [2.75, 3.05) is 11.8 Å². The van der Waals surface area contributed by atoms with Crippen molar-refractivity contribution in [3.63, 3.8) is 0 Å². The summed E-state index contributed by atoms with van der Waals surface area (Å²) >= 11 is 17.5. The zero-order chi connectivity index (χ0) is 15.6. The van der Waals surface area contributed by atoms with Crippen LogP contribution in [0.1, 0.15) is 0 Å². The van der Waals surface area contributed by atoms with Gasteiger partial charge in [0, 0.05) is 0 Å². The third-order valence-corrected chi connectivity index (χ3v) is 5.02. The second kappa shape index (κ2) is 6.32. The fourth-order valence-corrected chi connectivity index (χ4v) is 3.28. The van der Waals surface area contributed by atoms with Crippen LogP contribution in [0.25, 0.3) is 0 Å². The Morgan fingerprint density at radius 1 is 0.952 bits per heavy atom. The molecular formula is C13H10Cl3NO3S. The monoisotopic (exact) mass is 365 g/mol. The summed E-state index contributed by atoms with van der Waals surface area (Å²) in [5.41, 5.74) is 0.312. The fourth-order valence-electron chi connectivity index (χ4n) is 1.59. The lowest BCUT2D eigenvalue weighted by molar-refractivity contribution is 0.415. The molecule has 0 radical (unpaired) electrons. The molecular weight excluding hydrogens is 357 g/mol. The number of ether oxygens (including phenoxy) is 1. The van der Waals surface area contributed by atoms with E-state index in [0.717, 1.165) is 0 Å². The average Bonchev–Trinajstić information content (AvgIpc) is 2.41. The van der Waals surface area contributed by atoms with Crippen molar-refractivity contribution in [3.05, 3.63) is 51.5 Å². The molecule has 8 heteroatoms. The van der Waals surface area contributed by atoms with Crippen LogP contribution in [0.4, 0.5) is 5.69 Å². The summed E-state index contributed by atoms with van der Waals surface area (Å²) in [6.45, 7) is 0. The predicted molar refractivity (Wildman–Crippen MR) is 85.3 cm³/mol. The SMILES string of the molecule is COc1ccc(NS(=O)(=O)c2ccc(Cl)c(Cl)c2)cc1Cl. The number of nitrogens with one attached hydrogen (secondary N) is 1. The van der Waals surface area contributed by atoms with E-state index >= 15 is 0 Å². The zero-order valence-electron chi connectivity index (χ0n) is 10.7. The second-order valence-corrected chi connectivity index (χ2v) is 6.93. The van der Waals surface area contributed by atoms with Gasteiger partial charge in [-0.25, -0.2) is 8.42 Å². The molecule has 4 nitrogen and oxygen atoms in total. The van der Waals surface area contributed by atoms with Crippen LogP contribution in [-0.4, -0.2) is 15.5 Å². The molecule has 0 spiro atoms. The summed E-state index contributed by atoms with van der Waals surface area (Å²) in [7, 11) is -2.31. The molecule has 1 N–H and O–H groups in total. The Labute approximate surface area is 137 Å². The maximum absolute atomic E-state index is 12.2. The average molecular weight is 367 g/mol. The van der Waals surface area contributed by atoms with E-state index in [1.807, 2.05) is 0 Å². The topological polar surface area (TPSA) is 55.4 Å². The van der Waals surface area contributed by atoms with Gasteiger partial charge in [0.25, 0.3) is 10.0 Å². The molecule has 2 aromatic rings. The Morgan fingerprint density at radius 3 is 2.24 bits per heavy atom. The van der Waals surface area contributed by atoms with Crippen LogP contribution in [0, 0.1) is 0 Å². The summed E-state index contributed by atoms with van der Waals surface area (Å²) in [5, 5.41) is 0.738. The Balaban J connectivity index is 2.32. The Bertz CT molecular complexity index is 778. The number of halogens is 3. The number of hydrogen-bond donors (Lipinski definition) is 1. The van der Waals surface area contributed by atoms with Gasteiger partial charge in [-0.05, 0) is 36.4 Å². The van der Waals surface area contributed by atoms with E-state index in [9.17, 15) is 8.42 Å². The molecule has 112 valence electrons. The molecule has 0 aliphatic carbocycles. The second-order valence-electron chi connectivity index (χ2n) is 4.03. The maximum Gasteiger partial charge on any atom is 0.261 e. The van der Waals surface area contributed by atoms with Gasteiger partial charge in [-0.15, -0.1) is 0 Å². The Hall–Kier alpha value is -1.14. The minimum Gasteiger partial charge on any atom is -0.495 e. The van der Waals surface area contributed by atoms with Crippen molar-refractivity contribution >= 4 is 50.5 Å². The lowest BCUT2D eigenvalue weighted by Gasteiger charge is -2.10. The van der Waals surface area contributed by atoms with Gasteiger partial charge in [-0.2, -0.15) is 0 Å². The van der Waals surface area contributed by atoms with Crippen LogP contribution in [-0.2, 0) is 10.0 Å². The Morgan fingerprint density at radius 2 is 1.67 bits per heavy atom. The Kier molecular flexibility index (Phi) is 4.88. The van der Waals surface area contributed by atoms with E-state index < -0.39 is 10.0 Å². The molecule has 0 saturated carbocycles. The van der Waals surface area contributed by atoms with Crippen LogP contribution in [0.2, 0.25) is 15.1 Å². The number of rotatable bonds is 4. The fraction of sp³-hybridized carbons (Fsp3) is 0.0769. The van der Waals surface area contributed by atoms with E-state index in [2.05, 4.69) is 4.72 Å². The minimum absolute atomic E-state index is 0.00356. The van der Waals surface area contributed by atoms with E-state index in [-0.39, 0.29) is 14.9 Å². The summed E-state index contributed by atoms with van der Waals surface area (Å²) < 4.78 is 31.9. The smallest absolute Gasteiger partial charge is 0.261 e. The molecule has 0 aliphatic rings. The van der Waals surface area contributed by atoms with Crippen molar-refractivity contribution in [1.82, 2.24) is 0 Å². The summed E-state index contributed by atoms with van der Waals surface area (Å²) in [4.78, 5) is 0.00356. The first-order valence-electron chi connectivity index (χ1n) is 5.65. The van der Waals surface area contributed by atoms with Crippen molar-refractivity contribution in [1.29, 1.82) is 0 Å². The largest absolute Gasteiger partial charge is 0.495 e. The first-order chi connectivity index (χ1) is 9.83. The molecule has 0 saturated heterocycles. The molecule has 0 aliphatic heterocycles. The quantitative estimate of drug-likeness (QED) is 0.869. The number of anilines is 1. The number of hydrogen-bond acceptors (Lipinski definition) is 3. The van der Waals surface area contributed by atoms with Crippen LogP contribution in [0.3, 0.4) is 0 Å². The molecule has 2 aromatic carbocycles. The van der Waals surface area contributed by atoms with Gasteiger partial charge in [0.1, 0.15) is 5.75 Å². The first kappa shape index (κ1) is 16.2. The standard InChI is InChI=1S/C13H10Cl3NO3S/c1-20-13-5-2-8(6-12(13)16)17-21(18,19)9-3-4-10(14)11(15)7-9/h2-7,17H,1H3. The van der Waals surface area contributed by atoms with Gasteiger partial charge >= 0.3 is 0 Å². The zero-order valence-corrected chi connectivity index (χ0v) is 13.8. The van der Waals surface area contributed by atoms with E-state index in [4.69, 9.17) is 39.5 Å². The lowest BCUT2D eigenvalue weighted by Crippen LogP contribution is -2.12. The molecule has 0 fully saturated rings. The van der Waals surface area contributed by atoms with Crippen molar-refractivity contribution in [2.45, 2.75) is 4.90 Å². The lowest BCUT2D eigenvalue weighted by atomic mass is 10.3. The highest BCUT2D eigenvalue weighted by Crippen LogP contribution is 2.29. The summed E-state index contributed by atoms with van der Waals surface area (Å²) in [5.74, 6) is 0.453. The van der Waals surface area contributed by atoms with Gasteiger partial charge < -0.3 is 4.74 Å². The highest BCUT2D eigenvalue weighted by Gasteiger charge is 2.16. The third kappa shape index (κ3) is 3.74.